The number of amides is 6. The largest absolute Gasteiger partial charge is 0.391 e. The van der Waals surface area contributed by atoms with E-state index in [-0.39, 0.29) is 37.1 Å². The number of urea groups is 2. The summed E-state index contributed by atoms with van der Waals surface area (Å²) in [6.45, 7) is 5.75. The first-order valence-corrected chi connectivity index (χ1v) is 16.8. The van der Waals surface area contributed by atoms with Crippen LogP contribution in [0.25, 0.3) is 0 Å². The lowest BCUT2D eigenvalue weighted by molar-refractivity contribution is -0.159. The molecule has 2 aliphatic heterocycles. The zero-order chi connectivity index (χ0) is 35.4. The molecular weight excluding hydrogens is 661 g/mol. The Morgan fingerprint density at radius 2 is 1.15 bits per heavy atom. The minimum atomic E-state index is -1.32. The lowest BCUT2D eigenvalue weighted by atomic mass is 10.1. The number of carbonyl (C=O) groups excluding carboxylic acids is 8. The second kappa shape index (κ2) is 14.7. The van der Waals surface area contributed by atoms with Gasteiger partial charge in [-0.25, -0.2) is 9.59 Å². The number of imide groups is 2. The van der Waals surface area contributed by atoms with Gasteiger partial charge in [-0.2, -0.15) is 0 Å². The topological polar surface area (TPSA) is 168 Å². The second-order valence-corrected chi connectivity index (χ2v) is 14.6. The van der Waals surface area contributed by atoms with Crippen LogP contribution in [0.3, 0.4) is 0 Å². The highest BCUT2D eigenvalue weighted by Gasteiger charge is 2.49. The maximum Gasteiger partial charge on any atom is 0.327 e. The van der Waals surface area contributed by atoms with Gasteiger partial charge >= 0.3 is 24.0 Å². The summed E-state index contributed by atoms with van der Waals surface area (Å²) in [7, 11) is 1.48. The van der Waals surface area contributed by atoms with Gasteiger partial charge in [-0.1, -0.05) is 84.2 Å². The molecule has 2 aromatic carbocycles. The van der Waals surface area contributed by atoms with Crippen LogP contribution in [0.15, 0.2) is 60.7 Å². The molecule has 0 aromatic heterocycles. The number of carbonyl (C=O) groups is 8. The van der Waals surface area contributed by atoms with Gasteiger partial charge in [-0.3, -0.25) is 38.6 Å². The van der Waals surface area contributed by atoms with E-state index in [1.807, 2.05) is 0 Å². The number of hydrogen-bond acceptors (Lipinski definition) is 11. The molecule has 0 radical (unpaired) electrons. The van der Waals surface area contributed by atoms with Crippen LogP contribution in [0, 0.1) is 0 Å². The summed E-state index contributed by atoms with van der Waals surface area (Å²) < 4.78 is 5.26. The van der Waals surface area contributed by atoms with Gasteiger partial charge in [0.15, 0.2) is 0 Å². The smallest absolute Gasteiger partial charge is 0.327 e. The Balaban J connectivity index is 1.54. The molecule has 4 rings (SSSR count). The summed E-state index contributed by atoms with van der Waals surface area (Å²) in [5, 5.41) is -1.11. The zero-order valence-electron chi connectivity index (χ0n) is 27.1. The highest BCUT2D eigenvalue weighted by Crippen LogP contribution is 2.30. The number of likely N-dealkylation sites (N-methyl/N-ethyl adjacent to an activating group) is 1. The predicted octanol–water partition coefficient (Wildman–Crippen LogP) is 3.72. The number of hydrogen-bond donors (Lipinski definition) is 1. The average molecular weight is 697 g/mol. The summed E-state index contributed by atoms with van der Waals surface area (Å²) in [6, 6.07) is 14.9. The van der Waals surface area contributed by atoms with Crippen molar-refractivity contribution in [2.45, 2.75) is 62.1 Å². The molecule has 254 valence electrons. The van der Waals surface area contributed by atoms with Crippen molar-refractivity contribution in [1.29, 1.82) is 0 Å². The summed E-state index contributed by atoms with van der Waals surface area (Å²) in [5.41, 5.74) is -1.72. The fraction of sp³-hybridized carbons (Fsp3) is 0.394. The first-order chi connectivity index (χ1) is 22.5. The molecule has 2 aromatic rings. The van der Waals surface area contributed by atoms with E-state index in [1.54, 1.807) is 74.5 Å². The van der Waals surface area contributed by atoms with Crippen LogP contribution in [0.2, 0.25) is 0 Å². The molecule has 6 amide bonds. The van der Waals surface area contributed by atoms with Crippen molar-refractivity contribution in [2.24, 2.45) is 0 Å². The van der Waals surface area contributed by atoms with Crippen LogP contribution >= 0.6 is 23.5 Å². The molecule has 0 saturated carbocycles. The van der Waals surface area contributed by atoms with Gasteiger partial charge < -0.3 is 15.0 Å². The number of thioether (sulfide) groups is 2. The van der Waals surface area contributed by atoms with Crippen molar-refractivity contribution in [1.82, 2.24) is 20.0 Å². The normalized spacial score (nSPS) is 18.1. The molecule has 13 nitrogen and oxygen atoms in total. The van der Waals surface area contributed by atoms with Gasteiger partial charge in [0.05, 0.1) is 0 Å². The second-order valence-electron chi connectivity index (χ2n) is 12.2. The Kier molecular flexibility index (Phi) is 11.1. The van der Waals surface area contributed by atoms with Gasteiger partial charge in [0, 0.05) is 31.3 Å². The van der Waals surface area contributed by atoms with E-state index in [0.29, 0.717) is 23.5 Å². The molecule has 2 fully saturated rings. The number of benzene rings is 2. The van der Waals surface area contributed by atoms with E-state index in [4.69, 9.17) is 4.74 Å². The van der Waals surface area contributed by atoms with Gasteiger partial charge in [0.1, 0.15) is 21.6 Å². The van der Waals surface area contributed by atoms with Crippen molar-refractivity contribution in [3.63, 3.8) is 0 Å². The Labute approximate surface area is 286 Å². The third-order valence-corrected chi connectivity index (χ3v) is 10.4. The van der Waals surface area contributed by atoms with Crippen molar-refractivity contribution >= 4 is 69.6 Å². The minimum Gasteiger partial charge on any atom is -0.391 e. The monoisotopic (exact) mass is 696 g/mol. The highest BCUT2D eigenvalue weighted by atomic mass is 32.2. The Hall–Kier alpha value is -4.50. The van der Waals surface area contributed by atoms with Crippen molar-refractivity contribution in [2.75, 3.05) is 20.1 Å². The third-order valence-electron chi connectivity index (χ3n) is 8.04. The maximum absolute atomic E-state index is 13.6. The average Bonchev–Trinajstić information content (AvgIpc) is 3.34. The summed E-state index contributed by atoms with van der Waals surface area (Å²) >= 11 is 1.16. The van der Waals surface area contributed by atoms with Crippen molar-refractivity contribution < 1.29 is 43.1 Å². The van der Waals surface area contributed by atoms with Crippen molar-refractivity contribution in [3.05, 3.63) is 71.8 Å². The highest BCUT2D eigenvalue weighted by molar-refractivity contribution is 8.15. The molecule has 15 heteroatoms. The number of nitrogens with one attached hydrogen (secondary N) is 1. The fourth-order valence-corrected chi connectivity index (χ4v) is 6.71. The van der Waals surface area contributed by atoms with E-state index >= 15 is 0 Å². The van der Waals surface area contributed by atoms with Crippen LogP contribution < -0.4 is 5.32 Å². The van der Waals surface area contributed by atoms with Gasteiger partial charge in [-0.15, -0.1) is 0 Å². The molecule has 2 unspecified atom stereocenters. The lowest BCUT2D eigenvalue weighted by Crippen LogP contribution is -2.42. The molecule has 0 aliphatic carbocycles. The molecule has 2 saturated heterocycles. The van der Waals surface area contributed by atoms with Gasteiger partial charge in [0.25, 0.3) is 11.8 Å². The Morgan fingerprint density at radius 1 is 0.708 bits per heavy atom. The summed E-state index contributed by atoms with van der Waals surface area (Å²) in [4.78, 5) is 107. The van der Waals surface area contributed by atoms with E-state index in [2.05, 4.69) is 5.32 Å². The Morgan fingerprint density at radius 3 is 1.52 bits per heavy atom. The lowest BCUT2D eigenvalue weighted by Gasteiger charge is -2.22. The first kappa shape index (κ1) is 36.3. The van der Waals surface area contributed by atoms with Crippen molar-refractivity contribution in [3.8, 4) is 0 Å². The number of nitrogens with zero attached hydrogens (tertiary/aromatic N) is 3. The standard InChI is InChI=1S/C33H36N4O9S2/c1-32(2)28(42)36(30(44)34-32)18-16-22(47-26(40)20-12-8-6-9-13-20)24(38)46-25(39)23(48-27(41)21-14-10-7-11-15-21)17-19-37-29(43)33(3,4)35(5)31(37)45/h6-15,22-23H,16-19H2,1-5H3,(H,34,44). The Bertz CT molecular complexity index is 1630. The summed E-state index contributed by atoms with van der Waals surface area (Å²) in [6.07, 6.45) is -0.432. The SMILES string of the molecule is CN1C(=O)N(CCC(SC(=O)c2ccccc2)C(=O)OC(=O)C(CCN2C(=O)NC(C)(C)C2=O)SC(=O)c2ccccc2)C(=O)C1(C)C. The third kappa shape index (κ3) is 7.96. The molecule has 1 N–H and O–H groups in total. The number of ether oxygens (including phenoxy) is 1. The van der Waals surface area contributed by atoms with Crippen LogP contribution in [-0.2, 0) is 23.9 Å². The van der Waals surface area contributed by atoms with Crippen LogP contribution in [-0.4, -0.2) is 102 Å². The van der Waals surface area contributed by atoms with E-state index < -0.39 is 67.6 Å². The predicted molar refractivity (Wildman–Crippen MR) is 178 cm³/mol. The van der Waals surface area contributed by atoms with E-state index in [9.17, 15) is 38.4 Å². The number of esters is 2. The molecule has 48 heavy (non-hydrogen) atoms. The van der Waals surface area contributed by atoms with Crippen LogP contribution in [0.5, 0.6) is 0 Å². The minimum absolute atomic E-state index is 0.213. The zero-order valence-corrected chi connectivity index (χ0v) is 28.7. The molecule has 2 atom stereocenters. The molecule has 2 aliphatic rings. The molecule has 0 bridgehead atoms. The van der Waals surface area contributed by atoms with Gasteiger partial charge in [-0.05, 0) is 40.5 Å². The van der Waals surface area contributed by atoms with E-state index in [1.165, 1.54) is 25.8 Å². The molecular formula is C33H36N4O9S2. The molecule has 0 spiro atoms. The summed E-state index contributed by atoms with van der Waals surface area (Å²) in [5.74, 6) is -3.25. The van der Waals surface area contributed by atoms with Crippen LogP contribution in [0.4, 0.5) is 9.59 Å². The quantitative estimate of drug-likeness (QED) is 0.195. The van der Waals surface area contributed by atoms with E-state index in [0.717, 1.165) is 9.80 Å². The van der Waals surface area contributed by atoms with Gasteiger partial charge in [0.2, 0.25) is 10.2 Å². The first-order valence-electron chi connectivity index (χ1n) is 15.1. The maximum atomic E-state index is 13.6. The fourth-order valence-electron chi connectivity index (χ4n) is 4.92. The van der Waals surface area contributed by atoms with Crippen LogP contribution in [0.1, 0.15) is 61.3 Å². The number of rotatable bonds is 12. The molecule has 2 heterocycles.